The van der Waals surface area contributed by atoms with Gasteiger partial charge in [-0.15, -0.1) is 11.8 Å². The minimum absolute atomic E-state index is 0.597. The molecule has 0 saturated heterocycles. The predicted molar refractivity (Wildman–Crippen MR) is 47.4 cm³/mol. The Hall–Kier alpha value is -0.470. The Morgan fingerprint density at radius 1 is 1.27 bits per heavy atom. The van der Waals surface area contributed by atoms with Crippen molar-refractivity contribution in [1.82, 2.24) is 0 Å². The molecule has 2 radical (unpaired) electrons. The van der Waals surface area contributed by atoms with E-state index in [1.807, 2.05) is 18.2 Å². The molecule has 0 bridgehead atoms. The third-order valence-corrected chi connectivity index (χ3v) is 2.19. The molecule has 0 atom stereocenters. The van der Waals surface area contributed by atoms with Crippen molar-refractivity contribution in [3.8, 4) is 0 Å². The normalized spacial score (nSPS) is 9.91. The van der Waals surface area contributed by atoms with Gasteiger partial charge < -0.3 is 4.74 Å². The van der Waals surface area contributed by atoms with Crippen molar-refractivity contribution in [3.05, 3.63) is 37.4 Å². The van der Waals surface area contributed by atoms with Gasteiger partial charge in [0.15, 0.2) is 0 Å². The van der Waals surface area contributed by atoms with Crippen LogP contribution in [0.5, 0.6) is 0 Å². The summed E-state index contributed by atoms with van der Waals surface area (Å²) < 4.78 is 4.44. The minimum atomic E-state index is 0.597. The second-order valence-electron chi connectivity index (χ2n) is 2.03. The summed E-state index contributed by atoms with van der Waals surface area (Å²) in [4.78, 5) is 1.25. The molecule has 0 aromatic heterocycles. The first-order chi connectivity index (χ1) is 5.43. The van der Waals surface area contributed by atoms with Crippen LogP contribution >= 0.6 is 11.8 Å². The molecule has 0 aliphatic heterocycles. The Labute approximate surface area is 71.8 Å². The summed E-state index contributed by atoms with van der Waals surface area (Å²) in [5.41, 5.74) is 0. The van der Waals surface area contributed by atoms with Gasteiger partial charge in [0.2, 0.25) is 0 Å². The maximum atomic E-state index is 4.88. The zero-order valence-corrected chi connectivity index (χ0v) is 7.01. The molecule has 0 aliphatic carbocycles. The van der Waals surface area contributed by atoms with E-state index in [1.54, 1.807) is 11.8 Å². The van der Waals surface area contributed by atoms with Gasteiger partial charge in [-0.05, 0) is 12.1 Å². The maximum absolute atomic E-state index is 4.88. The lowest BCUT2D eigenvalue weighted by Crippen LogP contribution is -1.88. The molecular formula is C9H10OS. The van der Waals surface area contributed by atoms with Crippen LogP contribution in [0.15, 0.2) is 35.2 Å². The van der Waals surface area contributed by atoms with Crippen molar-refractivity contribution in [1.29, 1.82) is 0 Å². The van der Waals surface area contributed by atoms with Crippen LogP contribution < -0.4 is 0 Å². The Bertz CT molecular complexity index is 186. The largest absolute Gasteiger partial charge is 0.372 e. The zero-order chi connectivity index (χ0) is 7.94. The monoisotopic (exact) mass is 166 g/mol. The molecule has 0 saturated carbocycles. The van der Waals surface area contributed by atoms with Gasteiger partial charge in [-0.25, -0.2) is 0 Å². The second kappa shape index (κ2) is 5.22. The van der Waals surface area contributed by atoms with E-state index in [0.717, 1.165) is 5.75 Å². The first kappa shape index (κ1) is 8.62. The standard InChI is InChI=1S/C9H10OS/c1-10-7-8-11-9-5-3-2-4-6-9/h1-6H,7-8H2. The van der Waals surface area contributed by atoms with Crippen LogP contribution in [0, 0.1) is 7.11 Å². The van der Waals surface area contributed by atoms with Crippen molar-refractivity contribution in [2.24, 2.45) is 0 Å². The van der Waals surface area contributed by atoms with Crippen molar-refractivity contribution >= 4 is 11.8 Å². The topological polar surface area (TPSA) is 9.23 Å². The summed E-state index contributed by atoms with van der Waals surface area (Å²) in [6, 6.07) is 10.2. The Balaban J connectivity index is 2.28. The van der Waals surface area contributed by atoms with Crippen LogP contribution in [0.2, 0.25) is 0 Å². The molecule has 1 aromatic carbocycles. The number of hydrogen-bond acceptors (Lipinski definition) is 2. The molecule has 0 heterocycles. The number of ether oxygens (including phenoxy) is 1. The molecule has 0 amide bonds. The summed E-state index contributed by atoms with van der Waals surface area (Å²) >= 11 is 1.74. The molecular weight excluding hydrogens is 156 g/mol. The highest BCUT2D eigenvalue weighted by Crippen LogP contribution is 2.15. The fourth-order valence-corrected chi connectivity index (χ4v) is 1.49. The lowest BCUT2D eigenvalue weighted by molar-refractivity contribution is 0.265. The highest BCUT2D eigenvalue weighted by Gasteiger charge is 1.89. The van der Waals surface area contributed by atoms with E-state index in [1.165, 1.54) is 4.90 Å². The minimum Gasteiger partial charge on any atom is -0.372 e. The van der Waals surface area contributed by atoms with Crippen LogP contribution in [0.4, 0.5) is 0 Å². The van der Waals surface area contributed by atoms with Gasteiger partial charge in [0, 0.05) is 10.6 Å². The number of benzene rings is 1. The quantitative estimate of drug-likeness (QED) is 0.502. The molecule has 1 nitrogen and oxygen atoms in total. The molecule has 11 heavy (non-hydrogen) atoms. The Morgan fingerprint density at radius 3 is 2.64 bits per heavy atom. The average Bonchev–Trinajstić information content (AvgIpc) is 2.07. The van der Waals surface area contributed by atoms with Gasteiger partial charge in [0.05, 0.1) is 6.61 Å². The lowest BCUT2D eigenvalue weighted by Gasteiger charge is -1.98. The van der Waals surface area contributed by atoms with E-state index in [9.17, 15) is 0 Å². The van der Waals surface area contributed by atoms with Gasteiger partial charge >= 0.3 is 0 Å². The molecule has 2 heteroatoms. The van der Waals surface area contributed by atoms with E-state index >= 15 is 0 Å². The number of hydrogen-bond donors (Lipinski definition) is 0. The maximum Gasteiger partial charge on any atom is 0.115 e. The smallest absolute Gasteiger partial charge is 0.115 e. The SMILES string of the molecule is [CH]OCCSc1ccccc1. The first-order valence-electron chi connectivity index (χ1n) is 3.43. The molecule has 0 fully saturated rings. The fraction of sp³-hybridized carbons (Fsp3) is 0.222. The van der Waals surface area contributed by atoms with Crippen LogP contribution in [-0.4, -0.2) is 12.4 Å². The third kappa shape index (κ3) is 3.44. The molecule has 0 N–H and O–H groups in total. The molecule has 0 aliphatic rings. The van der Waals surface area contributed by atoms with Crippen molar-refractivity contribution in [2.45, 2.75) is 4.90 Å². The van der Waals surface area contributed by atoms with Crippen LogP contribution in [0.25, 0.3) is 0 Å². The van der Waals surface area contributed by atoms with Gasteiger partial charge in [-0.2, -0.15) is 0 Å². The Kier molecular flexibility index (Phi) is 4.09. The summed E-state index contributed by atoms with van der Waals surface area (Å²) in [7, 11) is 4.88. The van der Waals surface area contributed by atoms with Gasteiger partial charge in [-0.3, -0.25) is 0 Å². The summed E-state index contributed by atoms with van der Waals surface area (Å²) in [5.74, 6) is 0.903. The second-order valence-corrected chi connectivity index (χ2v) is 3.20. The first-order valence-corrected chi connectivity index (χ1v) is 4.41. The average molecular weight is 166 g/mol. The molecule has 1 aromatic rings. The van der Waals surface area contributed by atoms with E-state index in [4.69, 9.17) is 7.11 Å². The van der Waals surface area contributed by atoms with Crippen molar-refractivity contribution in [3.63, 3.8) is 0 Å². The molecule has 0 unspecified atom stereocenters. The van der Waals surface area contributed by atoms with Crippen LogP contribution in [0.1, 0.15) is 0 Å². The van der Waals surface area contributed by atoms with Crippen LogP contribution in [0.3, 0.4) is 0 Å². The highest BCUT2D eigenvalue weighted by atomic mass is 32.2. The van der Waals surface area contributed by atoms with Gasteiger partial charge in [-0.1, -0.05) is 18.2 Å². The van der Waals surface area contributed by atoms with Gasteiger partial charge in [0.25, 0.3) is 0 Å². The summed E-state index contributed by atoms with van der Waals surface area (Å²) in [6.07, 6.45) is 0. The van der Waals surface area contributed by atoms with E-state index < -0.39 is 0 Å². The van der Waals surface area contributed by atoms with E-state index in [0.29, 0.717) is 6.61 Å². The molecule has 1 rings (SSSR count). The third-order valence-electron chi connectivity index (χ3n) is 1.21. The Morgan fingerprint density at radius 2 is 2.00 bits per heavy atom. The summed E-state index contributed by atoms with van der Waals surface area (Å²) in [5, 5.41) is 0. The molecule has 0 spiro atoms. The van der Waals surface area contributed by atoms with Crippen LogP contribution in [-0.2, 0) is 4.74 Å². The van der Waals surface area contributed by atoms with Crippen molar-refractivity contribution < 1.29 is 4.74 Å². The van der Waals surface area contributed by atoms with E-state index in [-0.39, 0.29) is 0 Å². The zero-order valence-electron chi connectivity index (χ0n) is 6.19. The van der Waals surface area contributed by atoms with Crippen molar-refractivity contribution in [2.75, 3.05) is 12.4 Å². The number of thioether (sulfide) groups is 1. The highest BCUT2D eigenvalue weighted by molar-refractivity contribution is 7.99. The predicted octanol–water partition coefficient (Wildman–Crippen LogP) is 2.46. The molecule has 58 valence electrons. The number of rotatable bonds is 4. The van der Waals surface area contributed by atoms with E-state index in [2.05, 4.69) is 16.9 Å². The lowest BCUT2D eigenvalue weighted by atomic mass is 10.4. The fourth-order valence-electron chi connectivity index (χ4n) is 0.724. The summed E-state index contributed by atoms with van der Waals surface area (Å²) in [6.45, 7) is 0.597. The van der Waals surface area contributed by atoms with Gasteiger partial charge in [0.1, 0.15) is 7.11 Å².